The van der Waals surface area contributed by atoms with E-state index in [9.17, 15) is 9.18 Å². The van der Waals surface area contributed by atoms with Gasteiger partial charge in [0.25, 0.3) is 0 Å². The Bertz CT molecular complexity index is 419. The van der Waals surface area contributed by atoms with E-state index in [1.807, 2.05) is 0 Å². The van der Waals surface area contributed by atoms with Crippen LogP contribution in [0.15, 0.2) is 18.2 Å². The van der Waals surface area contributed by atoms with Crippen molar-refractivity contribution in [2.45, 2.75) is 32.7 Å². The number of carbonyl (C=O) groups is 1. The summed E-state index contributed by atoms with van der Waals surface area (Å²) in [5.74, 6) is 0.371. The molecule has 0 radical (unpaired) electrons. The van der Waals surface area contributed by atoms with Gasteiger partial charge in [0, 0.05) is 23.8 Å². The van der Waals surface area contributed by atoms with Crippen LogP contribution in [0.5, 0.6) is 0 Å². The molecule has 0 N–H and O–H groups in total. The Morgan fingerprint density at radius 1 is 1.41 bits per heavy atom. The Balaban J connectivity index is 2.30. The highest BCUT2D eigenvalue weighted by Gasteiger charge is 2.24. The molecule has 1 fully saturated rings. The van der Waals surface area contributed by atoms with Crippen molar-refractivity contribution in [2.24, 2.45) is 5.92 Å². The smallest absolute Gasteiger partial charge is 0.152 e. The normalized spacial score (nSPS) is 24.8. The van der Waals surface area contributed by atoms with E-state index in [4.69, 9.17) is 0 Å². The molecule has 0 saturated carbocycles. The van der Waals surface area contributed by atoms with Crippen molar-refractivity contribution in [1.29, 1.82) is 0 Å². The highest BCUT2D eigenvalue weighted by atomic mass is 19.1. The van der Waals surface area contributed by atoms with Crippen LogP contribution in [-0.2, 0) is 0 Å². The van der Waals surface area contributed by atoms with Gasteiger partial charge in [-0.2, -0.15) is 0 Å². The first-order valence-electron chi connectivity index (χ1n) is 6.13. The molecule has 17 heavy (non-hydrogen) atoms. The molecule has 1 aliphatic heterocycles. The van der Waals surface area contributed by atoms with Gasteiger partial charge in [-0.1, -0.05) is 6.92 Å². The first kappa shape index (κ1) is 12.1. The Morgan fingerprint density at radius 3 is 2.82 bits per heavy atom. The van der Waals surface area contributed by atoms with Crippen molar-refractivity contribution in [2.75, 3.05) is 11.4 Å². The van der Waals surface area contributed by atoms with Crippen LogP contribution in [0.4, 0.5) is 10.1 Å². The largest absolute Gasteiger partial charge is 0.368 e. The second-order valence-corrected chi connectivity index (χ2v) is 4.99. The Morgan fingerprint density at radius 2 is 2.18 bits per heavy atom. The minimum absolute atomic E-state index is 0.353. The quantitative estimate of drug-likeness (QED) is 0.733. The van der Waals surface area contributed by atoms with Crippen molar-refractivity contribution in [3.63, 3.8) is 0 Å². The third kappa shape index (κ3) is 2.48. The summed E-state index contributed by atoms with van der Waals surface area (Å²) in [5, 5.41) is 0. The van der Waals surface area contributed by atoms with Gasteiger partial charge in [0.15, 0.2) is 6.29 Å². The summed E-state index contributed by atoms with van der Waals surface area (Å²) in [5.41, 5.74) is 1.31. The van der Waals surface area contributed by atoms with Crippen LogP contribution in [-0.4, -0.2) is 18.9 Å². The maximum absolute atomic E-state index is 13.1. The Labute approximate surface area is 101 Å². The molecule has 0 amide bonds. The summed E-state index contributed by atoms with van der Waals surface area (Å²) < 4.78 is 13.1. The number of nitrogens with zero attached hydrogens (tertiary/aromatic N) is 1. The maximum atomic E-state index is 13.1. The van der Waals surface area contributed by atoms with Gasteiger partial charge in [-0.05, 0) is 43.9 Å². The van der Waals surface area contributed by atoms with Gasteiger partial charge in [0.05, 0.1) is 0 Å². The van der Waals surface area contributed by atoms with E-state index in [0.29, 0.717) is 11.6 Å². The van der Waals surface area contributed by atoms with E-state index in [0.717, 1.165) is 37.3 Å². The number of carbonyl (C=O) groups excluding carboxylic acids is 1. The molecule has 1 aromatic carbocycles. The Hall–Kier alpha value is -1.38. The minimum atomic E-state index is -0.353. The third-order valence-corrected chi connectivity index (χ3v) is 3.56. The summed E-state index contributed by atoms with van der Waals surface area (Å²) in [7, 11) is 0. The molecule has 2 rings (SSSR count). The number of piperidine rings is 1. The lowest BCUT2D eigenvalue weighted by molar-refractivity contribution is 0.112. The van der Waals surface area contributed by atoms with Gasteiger partial charge < -0.3 is 4.90 Å². The van der Waals surface area contributed by atoms with E-state index in [1.165, 1.54) is 12.1 Å². The fourth-order valence-electron chi connectivity index (χ4n) is 2.65. The number of halogens is 1. The van der Waals surface area contributed by atoms with Gasteiger partial charge in [-0.25, -0.2) is 4.39 Å². The average molecular weight is 235 g/mol. The molecule has 2 nitrogen and oxygen atoms in total. The van der Waals surface area contributed by atoms with Crippen molar-refractivity contribution in [3.8, 4) is 0 Å². The highest BCUT2D eigenvalue weighted by molar-refractivity contribution is 5.84. The number of benzene rings is 1. The van der Waals surface area contributed by atoms with Gasteiger partial charge >= 0.3 is 0 Å². The fraction of sp³-hybridized carbons (Fsp3) is 0.500. The van der Waals surface area contributed by atoms with Gasteiger partial charge in [-0.15, -0.1) is 0 Å². The van der Waals surface area contributed by atoms with Gasteiger partial charge in [-0.3, -0.25) is 4.79 Å². The summed E-state index contributed by atoms with van der Waals surface area (Å²) >= 11 is 0. The molecule has 0 bridgehead atoms. The van der Waals surface area contributed by atoms with Crippen LogP contribution < -0.4 is 4.90 Å². The number of hydrogen-bond acceptors (Lipinski definition) is 2. The first-order valence-corrected chi connectivity index (χ1v) is 6.13. The molecule has 2 atom stereocenters. The molecule has 0 aliphatic carbocycles. The van der Waals surface area contributed by atoms with E-state index < -0.39 is 0 Å². The van der Waals surface area contributed by atoms with Crippen molar-refractivity contribution in [3.05, 3.63) is 29.6 Å². The third-order valence-electron chi connectivity index (χ3n) is 3.56. The molecule has 1 saturated heterocycles. The summed E-state index contributed by atoms with van der Waals surface area (Å²) in [6.07, 6.45) is 2.98. The van der Waals surface area contributed by atoms with Gasteiger partial charge in [0.1, 0.15) is 5.82 Å². The lowest BCUT2D eigenvalue weighted by atomic mass is 9.92. The number of anilines is 1. The predicted molar refractivity (Wildman–Crippen MR) is 67.0 cm³/mol. The van der Waals surface area contributed by atoms with Crippen LogP contribution >= 0.6 is 0 Å². The molecule has 2 unspecified atom stereocenters. The first-order chi connectivity index (χ1) is 8.11. The fourth-order valence-corrected chi connectivity index (χ4v) is 2.65. The molecular formula is C14H18FNO. The topological polar surface area (TPSA) is 20.3 Å². The molecular weight excluding hydrogens is 217 g/mol. The number of hydrogen-bond donors (Lipinski definition) is 0. The van der Waals surface area contributed by atoms with Crippen LogP contribution in [0.3, 0.4) is 0 Å². The molecule has 92 valence electrons. The number of rotatable bonds is 2. The molecule has 1 heterocycles. The van der Waals surface area contributed by atoms with Crippen LogP contribution in [0.25, 0.3) is 0 Å². The summed E-state index contributed by atoms with van der Waals surface area (Å²) in [6, 6.07) is 4.86. The zero-order chi connectivity index (χ0) is 12.4. The van der Waals surface area contributed by atoms with Crippen molar-refractivity contribution >= 4 is 12.0 Å². The highest BCUT2D eigenvalue weighted by Crippen LogP contribution is 2.29. The number of aldehydes is 1. The predicted octanol–water partition coefficient (Wildman–Crippen LogP) is 3.26. The van der Waals surface area contributed by atoms with Crippen LogP contribution in [0.2, 0.25) is 0 Å². The van der Waals surface area contributed by atoms with E-state index in [2.05, 4.69) is 18.7 Å². The molecule has 0 spiro atoms. The second kappa shape index (κ2) is 4.86. The van der Waals surface area contributed by atoms with E-state index in [1.54, 1.807) is 6.07 Å². The van der Waals surface area contributed by atoms with Gasteiger partial charge in [0.2, 0.25) is 0 Å². The SMILES string of the molecule is CC1CCN(c2ccc(F)cc2C=O)C(C)C1. The minimum Gasteiger partial charge on any atom is -0.368 e. The molecule has 1 aromatic rings. The lowest BCUT2D eigenvalue weighted by Gasteiger charge is -2.38. The molecule has 0 aromatic heterocycles. The van der Waals surface area contributed by atoms with Crippen LogP contribution in [0.1, 0.15) is 37.0 Å². The van der Waals surface area contributed by atoms with E-state index >= 15 is 0 Å². The summed E-state index contributed by atoms with van der Waals surface area (Å²) in [6.45, 7) is 5.35. The van der Waals surface area contributed by atoms with Crippen molar-refractivity contribution < 1.29 is 9.18 Å². The lowest BCUT2D eigenvalue weighted by Crippen LogP contribution is -2.40. The Kier molecular flexibility index (Phi) is 3.46. The average Bonchev–Trinajstić information content (AvgIpc) is 2.30. The maximum Gasteiger partial charge on any atom is 0.152 e. The molecule has 3 heteroatoms. The standard InChI is InChI=1S/C14H18FNO/c1-10-5-6-16(11(2)7-10)14-4-3-13(15)8-12(14)9-17/h3-4,8-11H,5-7H2,1-2H3. The monoisotopic (exact) mass is 235 g/mol. The zero-order valence-corrected chi connectivity index (χ0v) is 10.3. The zero-order valence-electron chi connectivity index (χ0n) is 10.3. The second-order valence-electron chi connectivity index (χ2n) is 4.99. The van der Waals surface area contributed by atoms with E-state index in [-0.39, 0.29) is 5.82 Å². The van der Waals surface area contributed by atoms with Crippen molar-refractivity contribution in [1.82, 2.24) is 0 Å². The van der Waals surface area contributed by atoms with Crippen LogP contribution in [0, 0.1) is 11.7 Å². The summed E-state index contributed by atoms with van der Waals surface area (Å²) in [4.78, 5) is 13.2. The molecule has 1 aliphatic rings.